The third-order valence-corrected chi connectivity index (χ3v) is 5.28. The summed E-state index contributed by atoms with van der Waals surface area (Å²) in [6.45, 7) is 7.30. The molecule has 0 aliphatic carbocycles. The van der Waals surface area contributed by atoms with Crippen LogP contribution in [0.5, 0.6) is 0 Å². The van der Waals surface area contributed by atoms with E-state index in [2.05, 4.69) is 0 Å². The Labute approximate surface area is 105 Å². The van der Waals surface area contributed by atoms with Gasteiger partial charge in [0.15, 0.2) is 0 Å². The zero-order valence-corrected chi connectivity index (χ0v) is 12.8. The lowest BCUT2D eigenvalue weighted by atomic mass is 10.1. The van der Waals surface area contributed by atoms with Crippen LogP contribution in [-0.2, 0) is 22.8 Å². The van der Waals surface area contributed by atoms with Gasteiger partial charge in [-0.2, -0.15) is 0 Å². The minimum atomic E-state index is -2.72. The maximum Gasteiger partial charge on any atom is 0.501 e. The van der Waals surface area contributed by atoms with Gasteiger partial charge in [0.1, 0.15) is 5.60 Å². The Hall–Kier alpha value is -0.433. The van der Waals surface area contributed by atoms with Gasteiger partial charge < -0.3 is 18.0 Å². The highest BCUT2D eigenvalue weighted by molar-refractivity contribution is 6.60. The van der Waals surface area contributed by atoms with E-state index in [1.165, 1.54) is 21.3 Å². The Morgan fingerprint density at radius 3 is 1.82 bits per heavy atom. The van der Waals surface area contributed by atoms with Crippen molar-refractivity contribution in [3.05, 3.63) is 0 Å². The molecule has 1 unspecified atom stereocenters. The summed E-state index contributed by atoms with van der Waals surface area (Å²) in [5, 5.41) is 0. The molecule has 0 heterocycles. The number of rotatable bonds is 6. The lowest BCUT2D eigenvalue weighted by molar-refractivity contribution is -0.159. The van der Waals surface area contributed by atoms with E-state index in [4.69, 9.17) is 18.0 Å². The van der Waals surface area contributed by atoms with Gasteiger partial charge in [0.2, 0.25) is 0 Å². The van der Waals surface area contributed by atoms with Crippen LogP contribution in [0.25, 0.3) is 0 Å². The Morgan fingerprint density at radius 1 is 1.12 bits per heavy atom. The van der Waals surface area contributed by atoms with Crippen LogP contribution < -0.4 is 0 Å². The van der Waals surface area contributed by atoms with E-state index in [1.54, 1.807) is 6.92 Å². The molecule has 0 bridgehead atoms. The van der Waals surface area contributed by atoms with Crippen molar-refractivity contribution in [2.75, 3.05) is 21.3 Å². The second-order valence-electron chi connectivity index (χ2n) is 4.93. The zero-order chi connectivity index (χ0) is 13.7. The van der Waals surface area contributed by atoms with Crippen molar-refractivity contribution < 1.29 is 22.8 Å². The van der Waals surface area contributed by atoms with Gasteiger partial charge in [0, 0.05) is 27.4 Å². The summed E-state index contributed by atoms with van der Waals surface area (Å²) in [6, 6.07) is 0.408. The largest absolute Gasteiger partial charge is 0.501 e. The van der Waals surface area contributed by atoms with Crippen LogP contribution >= 0.6 is 0 Å². The van der Waals surface area contributed by atoms with E-state index < -0.39 is 14.4 Å². The fourth-order valence-electron chi connectivity index (χ4n) is 1.36. The fraction of sp³-hybridized carbons (Fsp3) is 0.909. The summed E-state index contributed by atoms with van der Waals surface area (Å²) in [5.74, 6) is -0.582. The minimum absolute atomic E-state index is 0.263. The molecule has 0 radical (unpaired) electrons. The maximum absolute atomic E-state index is 11.8. The van der Waals surface area contributed by atoms with Crippen molar-refractivity contribution in [2.24, 2.45) is 5.92 Å². The molecule has 0 saturated carbocycles. The molecule has 0 amide bonds. The van der Waals surface area contributed by atoms with Gasteiger partial charge >= 0.3 is 14.8 Å². The highest BCUT2D eigenvalue weighted by Gasteiger charge is 2.42. The second kappa shape index (κ2) is 6.49. The predicted molar refractivity (Wildman–Crippen MR) is 66.6 cm³/mol. The van der Waals surface area contributed by atoms with Crippen molar-refractivity contribution in [3.63, 3.8) is 0 Å². The first-order valence-corrected chi connectivity index (χ1v) is 7.51. The molecular weight excluding hydrogens is 240 g/mol. The summed E-state index contributed by atoms with van der Waals surface area (Å²) in [6.07, 6.45) is 0. The Morgan fingerprint density at radius 2 is 1.53 bits per heavy atom. The third-order valence-electron chi connectivity index (χ3n) is 2.30. The summed E-state index contributed by atoms with van der Waals surface area (Å²) >= 11 is 0. The monoisotopic (exact) mass is 264 g/mol. The molecule has 17 heavy (non-hydrogen) atoms. The van der Waals surface area contributed by atoms with Gasteiger partial charge in [-0.3, -0.25) is 4.79 Å². The Kier molecular flexibility index (Phi) is 6.32. The molecule has 0 aliphatic heterocycles. The molecule has 6 heteroatoms. The van der Waals surface area contributed by atoms with Gasteiger partial charge in [-0.15, -0.1) is 0 Å². The highest BCUT2D eigenvalue weighted by atomic mass is 28.4. The van der Waals surface area contributed by atoms with Gasteiger partial charge in [-0.25, -0.2) is 0 Å². The highest BCUT2D eigenvalue weighted by Crippen LogP contribution is 2.22. The summed E-state index contributed by atoms with van der Waals surface area (Å²) in [5.41, 5.74) is -0.483. The number of hydrogen-bond acceptors (Lipinski definition) is 5. The zero-order valence-electron chi connectivity index (χ0n) is 11.8. The van der Waals surface area contributed by atoms with E-state index in [0.29, 0.717) is 6.04 Å². The quantitative estimate of drug-likeness (QED) is 0.541. The molecule has 0 fully saturated rings. The van der Waals surface area contributed by atoms with Crippen LogP contribution in [0.4, 0.5) is 0 Å². The van der Waals surface area contributed by atoms with E-state index in [9.17, 15) is 4.79 Å². The van der Waals surface area contributed by atoms with Crippen LogP contribution in [0.2, 0.25) is 6.04 Å². The van der Waals surface area contributed by atoms with Crippen LogP contribution in [0, 0.1) is 5.92 Å². The van der Waals surface area contributed by atoms with Crippen LogP contribution in [-0.4, -0.2) is 41.7 Å². The average Bonchev–Trinajstić information content (AvgIpc) is 2.23. The molecule has 5 nitrogen and oxygen atoms in total. The lowest BCUT2D eigenvalue weighted by Crippen LogP contribution is -2.45. The number of carbonyl (C=O) groups excluding carboxylic acids is 1. The molecule has 0 aromatic heterocycles. The van der Waals surface area contributed by atoms with Crippen molar-refractivity contribution in [1.29, 1.82) is 0 Å². The Bertz CT molecular complexity index is 236. The molecule has 0 rings (SSSR count). The van der Waals surface area contributed by atoms with Crippen LogP contribution in [0.3, 0.4) is 0 Å². The number of carbonyl (C=O) groups is 1. The summed E-state index contributed by atoms with van der Waals surface area (Å²) in [7, 11) is 1.87. The van der Waals surface area contributed by atoms with Crippen molar-refractivity contribution >= 4 is 14.8 Å². The van der Waals surface area contributed by atoms with E-state index >= 15 is 0 Å². The lowest BCUT2D eigenvalue weighted by Gasteiger charge is -2.28. The van der Waals surface area contributed by atoms with Gasteiger partial charge in [0.25, 0.3) is 0 Å². The molecule has 0 aliphatic rings. The fourth-order valence-corrected chi connectivity index (χ4v) is 3.28. The van der Waals surface area contributed by atoms with Gasteiger partial charge in [0.05, 0.1) is 5.92 Å². The van der Waals surface area contributed by atoms with E-state index in [1.807, 2.05) is 20.8 Å². The van der Waals surface area contributed by atoms with Crippen molar-refractivity contribution in [1.82, 2.24) is 0 Å². The molecule has 0 N–H and O–H groups in total. The molecule has 0 spiro atoms. The molecular formula is C11H24O5Si. The second-order valence-corrected chi connectivity index (χ2v) is 7.93. The van der Waals surface area contributed by atoms with E-state index in [0.717, 1.165) is 0 Å². The molecule has 1 atom stereocenters. The summed E-state index contributed by atoms with van der Waals surface area (Å²) in [4.78, 5) is 11.8. The molecule has 0 aromatic rings. The van der Waals surface area contributed by atoms with Crippen molar-refractivity contribution in [2.45, 2.75) is 39.3 Å². The van der Waals surface area contributed by atoms with Crippen LogP contribution in [0.15, 0.2) is 0 Å². The average molecular weight is 264 g/mol. The molecule has 0 aromatic carbocycles. The first-order chi connectivity index (χ1) is 7.69. The minimum Gasteiger partial charge on any atom is -0.460 e. The Balaban J connectivity index is 4.51. The SMILES string of the molecule is CO[Si](CC(C)C(=O)OC(C)(C)C)(OC)OC. The van der Waals surface area contributed by atoms with Crippen LogP contribution in [0.1, 0.15) is 27.7 Å². The number of hydrogen-bond donors (Lipinski definition) is 0. The molecule has 102 valence electrons. The van der Waals surface area contributed by atoms with Crippen molar-refractivity contribution in [3.8, 4) is 0 Å². The standard InChI is InChI=1S/C11H24O5Si/c1-9(10(12)16-11(2,3)4)8-17(13-5,14-6)15-7/h9H,8H2,1-7H3. The van der Waals surface area contributed by atoms with E-state index in [-0.39, 0.29) is 11.9 Å². The third kappa shape index (κ3) is 5.63. The normalized spacial score (nSPS) is 14.5. The van der Waals surface area contributed by atoms with Gasteiger partial charge in [-0.05, 0) is 20.8 Å². The first-order valence-electron chi connectivity index (χ1n) is 5.58. The number of ether oxygens (including phenoxy) is 1. The summed E-state index contributed by atoms with van der Waals surface area (Å²) < 4.78 is 21.1. The maximum atomic E-state index is 11.8. The predicted octanol–water partition coefficient (Wildman–Crippen LogP) is 1.84. The smallest absolute Gasteiger partial charge is 0.460 e. The molecule has 0 saturated heterocycles. The van der Waals surface area contributed by atoms with Gasteiger partial charge in [-0.1, -0.05) is 6.92 Å². The first kappa shape index (κ1) is 16.6. The number of esters is 1. The topological polar surface area (TPSA) is 54.0 Å².